The van der Waals surface area contributed by atoms with Crippen molar-refractivity contribution in [3.05, 3.63) is 68.3 Å². The summed E-state index contributed by atoms with van der Waals surface area (Å²) in [7, 11) is 0. The smallest absolute Gasteiger partial charge is 0.273 e. The number of fused-ring (bicyclic) bond motifs is 1. The van der Waals surface area contributed by atoms with Crippen molar-refractivity contribution in [2.75, 3.05) is 6.54 Å². The van der Waals surface area contributed by atoms with Gasteiger partial charge in [-0.15, -0.1) is 0 Å². The molecule has 4 rings (SSSR count). The number of phenols is 1. The van der Waals surface area contributed by atoms with Crippen molar-refractivity contribution in [2.24, 2.45) is 0 Å². The lowest BCUT2D eigenvalue weighted by Gasteiger charge is -2.26. The lowest BCUT2D eigenvalue weighted by atomic mass is 9.93. The zero-order chi connectivity index (χ0) is 20.9. The molecule has 1 aliphatic rings. The van der Waals surface area contributed by atoms with E-state index in [2.05, 4.69) is 10.2 Å². The van der Waals surface area contributed by atoms with Gasteiger partial charge in [0.05, 0.1) is 16.1 Å². The van der Waals surface area contributed by atoms with Gasteiger partial charge in [0.1, 0.15) is 17.1 Å². The van der Waals surface area contributed by atoms with E-state index in [0.29, 0.717) is 33.5 Å². The molecule has 1 amide bonds. The molecule has 7 heteroatoms. The lowest BCUT2D eigenvalue weighted by molar-refractivity contribution is 0.0744. The highest BCUT2D eigenvalue weighted by molar-refractivity contribution is 6.42. The van der Waals surface area contributed by atoms with Gasteiger partial charge in [-0.25, -0.2) is 0 Å². The van der Waals surface area contributed by atoms with E-state index in [1.807, 2.05) is 37.8 Å². The minimum Gasteiger partial charge on any atom is -0.507 e. The van der Waals surface area contributed by atoms with Gasteiger partial charge in [0.2, 0.25) is 0 Å². The van der Waals surface area contributed by atoms with Gasteiger partial charge >= 0.3 is 0 Å². The average molecular weight is 430 g/mol. The van der Waals surface area contributed by atoms with E-state index >= 15 is 0 Å². The summed E-state index contributed by atoms with van der Waals surface area (Å²) in [6, 6.07) is 8.74. The Bertz CT molecular complexity index is 1100. The minimum atomic E-state index is -0.360. The van der Waals surface area contributed by atoms with E-state index in [4.69, 9.17) is 23.2 Å². The Kier molecular flexibility index (Phi) is 5.05. The van der Waals surface area contributed by atoms with Crippen LogP contribution < -0.4 is 0 Å². The maximum absolute atomic E-state index is 13.1. The number of phenolic OH excluding ortho intramolecular Hbond substituents is 1. The summed E-state index contributed by atoms with van der Waals surface area (Å²) in [6.07, 6.45) is 0.811. The molecule has 0 fully saturated rings. The molecule has 0 saturated carbocycles. The third kappa shape index (κ3) is 3.18. The number of nitrogens with zero attached hydrogens (tertiary/aromatic N) is 2. The molecule has 0 aliphatic carbocycles. The zero-order valence-corrected chi connectivity index (χ0v) is 17.9. The van der Waals surface area contributed by atoms with Gasteiger partial charge in [0, 0.05) is 17.7 Å². The first-order chi connectivity index (χ1) is 13.8. The highest BCUT2D eigenvalue weighted by Crippen LogP contribution is 2.46. The predicted octanol–water partition coefficient (Wildman–Crippen LogP) is 5.66. The maximum Gasteiger partial charge on any atom is 0.273 e. The van der Waals surface area contributed by atoms with Crippen LogP contribution in [-0.2, 0) is 0 Å². The number of nitrogens with one attached hydrogen (secondary N) is 1. The highest BCUT2D eigenvalue weighted by Gasteiger charge is 2.42. The van der Waals surface area contributed by atoms with Crippen LogP contribution in [0.5, 0.6) is 5.75 Å². The van der Waals surface area contributed by atoms with Crippen LogP contribution in [0.15, 0.2) is 30.3 Å². The number of amides is 1. The normalized spacial score (nSPS) is 15.8. The Balaban J connectivity index is 1.95. The van der Waals surface area contributed by atoms with Crippen LogP contribution >= 0.6 is 23.2 Å². The zero-order valence-electron chi connectivity index (χ0n) is 16.4. The Labute approximate surface area is 179 Å². The monoisotopic (exact) mass is 429 g/mol. The molecule has 0 spiro atoms. The lowest BCUT2D eigenvalue weighted by Crippen LogP contribution is -2.30. The predicted molar refractivity (Wildman–Crippen MR) is 115 cm³/mol. The van der Waals surface area contributed by atoms with Crippen molar-refractivity contribution in [2.45, 2.75) is 33.2 Å². The van der Waals surface area contributed by atoms with E-state index in [0.717, 1.165) is 28.7 Å². The number of carbonyl (C=O) groups excluding carboxylic acids is 1. The first-order valence-electron chi connectivity index (χ1n) is 9.48. The van der Waals surface area contributed by atoms with Gasteiger partial charge in [-0.3, -0.25) is 9.89 Å². The molecular weight excluding hydrogens is 409 g/mol. The number of aromatic amines is 1. The third-order valence-electron chi connectivity index (χ3n) is 5.28. The molecular formula is C22H21Cl2N3O2. The molecule has 29 heavy (non-hydrogen) atoms. The minimum absolute atomic E-state index is 0.110. The molecule has 0 radical (unpaired) electrons. The van der Waals surface area contributed by atoms with Crippen LogP contribution in [0.3, 0.4) is 0 Å². The second-order valence-electron chi connectivity index (χ2n) is 7.41. The topological polar surface area (TPSA) is 69.2 Å². The maximum atomic E-state index is 13.1. The van der Waals surface area contributed by atoms with E-state index < -0.39 is 0 Å². The number of hydrogen-bond acceptors (Lipinski definition) is 3. The van der Waals surface area contributed by atoms with Crippen LogP contribution in [0.4, 0.5) is 0 Å². The van der Waals surface area contributed by atoms with Crippen molar-refractivity contribution < 1.29 is 9.90 Å². The molecule has 1 aliphatic heterocycles. The molecule has 0 bridgehead atoms. The molecule has 1 unspecified atom stereocenters. The van der Waals surface area contributed by atoms with Gasteiger partial charge in [-0.1, -0.05) is 42.3 Å². The van der Waals surface area contributed by atoms with Gasteiger partial charge in [0.25, 0.3) is 5.91 Å². The summed E-state index contributed by atoms with van der Waals surface area (Å²) in [4.78, 5) is 14.9. The van der Waals surface area contributed by atoms with Crippen molar-refractivity contribution in [1.29, 1.82) is 0 Å². The SMILES string of the molecule is CCCN1C(=O)c2[nH]nc(-c3c(C)cc(C)cc3O)c2C1c1ccc(Cl)c(Cl)c1. The van der Waals surface area contributed by atoms with Crippen molar-refractivity contribution in [3.63, 3.8) is 0 Å². The summed E-state index contributed by atoms with van der Waals surface area (Å²) in [5, 5.41) is 18.9. The molecule has 5 nitrogen and oxygen atoms in total. The summed E-state index contributed by atoms with van der Waals surface area (Å²) in [5.74, 6) is 0.0343. The standard InChI is InChI=1S/C22H21Cl2N3O2/c1-4-7-27-21(13-5-6-14(23)15(24)10-13)18-19(25-26-20(18)22(27)29)17-12(3)8-11(2)9-16(17)28/h5-6,8-10,21,28H,4,7H2,1-3H3,(H,25,26). The fourth-order valence-corrected chi connectivity index (χ4v) is 4.45. The first-order valence-corrected chi connectivity index (χ1v) is 10.2. The third-order valence-corrected chi connectivity index (χ3v) is 6.02. The van der Waals surface area contributed by atoms with Crippen LogP contribution in [0.1, 0.15) is 52.1 Å². The summed E-state index contributed by atoms with van der Waals surface area (Å²) < 4.78 is 0. The van der Waals surface area contributed by atoms with Gasteiger partial charge in [0.15, 0.2) is 0 Å². The first kappa shape index (κ1) is 19.8. The van der Waals surface area contributed by atoms with Gasteiger partial charge in [-0.05, 0) is 55.2 Å². The van der Waals surface area contributed by atoms with Crippen LogP contribution in [0, 0.1) is 13.8 Å². The fourth-order valence-electron chi connectivity index (χ4n) is 4.14. The summed E-state index contributed by atoms with van der Waals surface area (Å²) >= 11 is 12.4. The van der Waals surface area contributed by atoms with Crippen LogP contribution in [0.2, 0.25) is 10.0 Å². The van der Waals surface area contributed by atoms with Gasteiger partial charge < -0.3 is 10.0 Å². The van der Waals surface area contributed by atoms with E-state index in [-0.39, 0.29) is 17.7 Å². The second-order valence-corrected chi connectivity index (χ2v) is 8.23. The number of H-pyrrole nitrogens is 1. The van der Waals surface area contributed by atoms with Crippen molar-refractivity contribution in [1.82, 2.24) is 15.1 Å². The number of aromatic hydroxyl groups is 1. The second kappa shape index (κ2) is 7.39. The molecule has 0 saturated heterocycles. The molecule has 150 valence electrons. The molecule has 2 N–H and O–H groups in total. The Hall–Kier alpha value is -2.50. The van der Waals surface area contributed by atoms with Crippen molar-refractivity contribution in [3.8, 4) is 17.0 Å². The summed E-state index contributed by atoms with van der Waals surface area (Å²) in [5.41, 5.74) is 5.12. The van der Waals surface area contributed by atoms with E-state index in [1.54, 1.807) is 18.2 Å². The van der Waals surface area contributed by atoms with Crippen molar-refractivity contribution >= 4 is 29.1 Å². The van der Waals surface area contributed by atoms with Crippen LogP contribution in [0.25, 0.3) is 11.3 Å². The largest absolute Gasteiger partial charge is 0.507 e. The number of hydrogen-bond donors (Lipinski definition) is 2. The number of carbonyl (C=O) groups is 1. The number of aromatic nitrogens is 2. The molecule has 2 aromatic carbocycles. The number of halogens is 2. The molecule has 1 aromatic heterocycles. The van der Waals surface area contributed by atoms with Crippen LogP contribution in [-0.4, -0.2) is 32.7 Å². The van der Waals surface area contributed by atoms with Gasteiger partial charge in [-0.2, -0.15) is 5.10 Å². The quantitative estimate of drug-likeness (QED) is 0.561. The molecule has 3 aromatic rings. The summed E-state index contributed by atoms with van der Waals surface area (Å²) in [6.45, 7) is 6.47. The Morgan fingerprint density at radius 2 is 1.93 bits per heavy atom. The van der Waals surface area contributed by atoms with E-state index in [1.165, 1.54) is 0 Å². The van der Waals surface area contributed by atoms with E-state index in [9.17, 15) is 9.90 Å². The fraction of sp³-hybridized carbons (Fsp3) is 0.273. The number of aryl methyl sites for hydroxylation is 2. The average Bonchev–Trinajstić information content (AvgIpc) is 3.17. The number of rotatable bonds is 4. The highest BCUT2D eigenvalue weighted by atomic mass is 35.5. The molecule has 1 atom stereocenters. The molecule has 2 heterocycles. The Morgan fingerprint density at radius 3 is 2.59 bits per heavy atom. The Morgan fingerprint density at radius 1 is 1.17 bits per heavy atom. The number of benzene rings is 2.